The Labute approximate surface area is 171 Å². The van der Waals surface area contributed by atoms with Gasteiger partial charge in [0.05, 0.1) is 10.4 Å². The van der Waals surface area contributed by atoms with Crippen LogP contribution < -0.4 is 0 Å². The number of rotatable bonds is 4. The van der Waals surface area contributed by atoms with Gasteiger partial charge in [0.2, 0.25) is 0 Å². The van der Waals surface area contributed by atoms with Crippen LogP contribution in [0, 0.1) is 0 Å². The summed E-state index contributed by atoms with van der Waals surface area (Å²) < 4.78 is 28.4. The molecule has 0 N–H and O–H groups in total. The molecule has 0 fully saturated rings. The smallest absolute Gasteiger partial charge is 0.268 e. The maximum Gasteiger partial charge on any atom is 0.268 e. The van der Waals surface area contributed by atoms with Crippen molar-refractivity contribution >= 4 is 26.7 Å². The van der Waals surface area contributed by atoms with Crippen molar-refractivity contribution < 1.29 is 13.2 Å². The van der Waals surface area contributed by atoms with Gasteiger partial charge in [0.1, 0.15) is 5.69 Å². The third-order valence-corrected chi connectivity index (χ3v) is 7.07. The number of ketones is 1. The van der Waals surface area contributed by atoms with Crippen LogP contribution in [0.3, 0.4) is 0 Å². The first-order valence-electron chi connectivity index (χ1n) is 9.83. The second-order valence-electron chi connectivity index (χ2n) is 7.26. The maximum atomic E-state index is 13.6. The number of carbonyl (C=O) groups is 1. The van der Waals surface area contributed by atoms with Crippen LogP contribution in [0.1, 0.15) is 35.8 Å². The molecule has 1 aliphatic rings. The lowest BCUT2D eigenvalue weighted by molar-refractivity contribution is 0.0961. The summed E-state index contributed by atoms with van der Waals surface area (Å²) in [5.74, 6) is -0.110. The number of nitrogens with zero attached hydrogens (tertiary/aromatic N) is 2. The van der Waals surface area contributed by atoms with Crippen LogP contribution in [0.5, 0.6) is 0 Å². The van der Waals surface area contributed by atoms with Gasteiger partial charge in [-0.1, -0.05) is 48.6 Å². The van der Waals surface area contributed by atoms with Crippen molar-refractivity contribution in [3.8, 4) is 0 Å². The van der Waals surface area contributed by atoms with Crippen LogP contribution in [0.4, 0.5) is 0 Å². The third-order valence-electron chi connectivity index (χ3n) is 5.34. The number of carbonyl (C=O) groups excluding carboxylic acids is 1. The van der Waals surface area contributed by atoms with Crippen molar-refractivity contribution in [1.29, 1.82) is 0 Å². The van der Waals surface area contributed by atoms with E-state index in [1.54, 1.807) is 36.4 Å². The fourth-order valence-electron chi connectivity index (χ4n) is 3.96. The van der Waals surface area contributed by atoms with Crippen molar-refractivity contribution in [2.75, 3.05) is 13.1 Å². The number of allylic oxidation sites excluding steroid dienone is 1. The summed E-state index contributed by atoms with van der Waals surface area (Å²) in [6.07, 6.45) is 5.14. The minimum Gasteiger partial charge on any atom is -0.295 e. The molecule has 0 unspecified atom stereocenters. The molecule has 0 radical (unpaired) electrons. The van der Waals surface area contributed by atoms with E-state index in [2.05, 4.69) is 11.0 Å². The van der Waals surface area contributed by atoms with E-state index >= 15 is 0 Å². The Morgan fingerprint density at radius 3 is 2.52 bits per heavy atom. The van der Waals surface area contributed by atoms with Gasteiger partial charge in [-0.25, -0.2) is 12.4 Å². The van der Waals surface area contributed by atoms with Gasteiger partial charge in [0.15, 0.2) is 5.78 Å². The van der Waals surface area contributed by atoms with Crippen LogP contribution in [0.25, 0.3) is 10.9 Å². The first-order chi connectivity index (χ1) is 14.0. The predicted octanol–water partition coefficient (Wildman–Crippen LogP) is 4.23. The van der Waals surface area contributed by atoms with Crippen molar-refractivity contribution in [2.45, 2.75) is 31.2 Å². The van der Waals surface area contributed by atoms with E-state index in [-0.39, 0.29) is 10.7 Å². The average molecular weight is 409 g/mol. The normalized spacial score (nSPS) is 16.1. The SMILES string of the molecule is C/C=C/CN1CCCC(=O)c2c(c3ccccc3n2S(=O)(=O)c2ccccc2)C1. The zero-order valence-electron chi connectivity index (χ0n) is 16.4. The Balaban J connectivity index is 1.99. The Bertz CT molecular complexity index is 1180. The Morgan fingerprint density at radius 2 is 1.76 bits per heavy atom. The summed E-state index contributed by atoms with van der Waals surface area (Å²) in [7, 11) is -3.90. The van der Waals surface area contributed by atoms with Crippen LogP contribution in [-0.4, -0.2) is 36.2 Å². The van der Waals surface area contributed by atoms with E-state index < -0.39 is 10.0 Å². The van der Waals surface area contributed by atoms with Gasteiger partial charge in [-0.3, -0.25) is 9.69 Å². The molecule has 0 atom stereocenters. The van der Waals surface area contributed by atoms with Crippen LogP contribution in [0.15, 0.2) is 71.6 Å². The Hall–Kier alpha value is -2.70. The topological polar surface area (TPSA) is 59.4 Å². The van der Waals surface area contributed by atoms with Gasteiger partial charge >= 0.3 is 0 Å². The molecule has 6 heteroatoms. The highest BCUT2D eigenvalue weighted by Gasteiger charge is 2.31. The molecule has 150 valence electrons. The average Bonchev–Trinajstić information content (AvgIpc) is 3.05. The molecule has 0 saturated carbocycles. The van der Waals surface area contributed by atoms with E-state index in [0.717, 1.165) is 24.0 Å². The van der Waals surface area contributed by atoms with E-state index in [0.29, 0.717) is 30.6 Å². The highest BCUT2D eigenvalue weighted by Crippen LogP contribution is 2.33. The lowest BCUT2D eigenvalue weighted by Crippen LogP contribution is -2.29. The van der Waals surface area contributed by atoms with Crippen molar-refractivity contribution in [3.05, 3.63) is 78.0 Å². The predicted molar refractivity (Wildman–Crippen MR) is 115 cm³/mol. The fraction of sp³-hybridized carbons (Fsp3) is 0.261. The van der Waals surface area contributed by atoms with Gasteiger partial charge in [0, 0.05) is 30.5 Å². The molecular formula is C23H24N2O3S. The summed E-state index contributed by atoms with van der Waals surface area (Å²) in [5, 5.41) is 0.822. The van der Waals surface area contributed by atoms with E-state index in [4.69, 9.17) is 0 Å². The molecule has 2 heterocycles. The van der Waals surface area contributed by atoms with Crippen LogP contribution in [0.2, 0.25) is 0 Å². The van der Waals surface area contributed by atoms with Crippen molar-refractivity contribution in [3.63, 3.8) is 0 Å². The number of Topliss-reactive ketones (excluding diaryl/α,β-unsaturated/α-hetero) is 1. The van der Waals surface area contributed by atoms with E-state index in [1.165, 1.54) is 3.97 Å². The standard InChI is InChI=1S/C23H24N2O3S/c1-2-3-15-24-16-9-14-22(26)23-20(17-24)19-12-7-8-13-21(19)25(23)29(27,28)18-10-5-4-6-11-18/h2-8,10-13H,9,14-17H2,1H3/b3-2+. The number of hydrogen-bond acceptors (Lipinski definition) is 4. The fourth-order valence-corrected chi connectivity index (χ4v) is 5.54. The molecule has 3 aromatic rings. The zero-order chi connectivity index (χ0) is 20.4. The lowest BCUT2D eigenvalue weighted by Gasteiger charge is -2.24. The van der Waals surface area contributed by atoms with Crippen LogP contribution >= 0.6 is 0 Å². The molecule has 0 saturated heterocycles. The summed E-state index contributed by atoms with van der Waals surface area (Å²) >= 11 is 0. The summed E-state index contributed by atoms with van der Waals surface area (Å²) in [6.45, 7) is 4.11. The highest BCUT2D eigenvalue weighted by molar-refractivity contribution is 7.90. The van der Waals surface area contributed by atoms with E-state index in [1.807, 2.05) is 31.2 Å². The lowest BCUT2D eigenvalue weighted by atomic mass is 10.0. The molecule has 0 aliphatic carbocycles. The van der Waals surface area contributed by atoms with Gasteiger partial charge in [0.25, 0.3) is 10.0 Å². The van der Waals surface area contributed by atoms with Gasteiger partial charge < -0.3 is 0 Å². The van der Waals surface area contributed by atoms with Crippen LogP contribution in [-0.2, 0) is 16.6 Å². The minimum absolute atomic E-state index is 0.110. The second kappa shape index (κ2) is 7.97. The third kappa shape index (κ3) is 3.54. The molecule has 2 aromatic carbocycles. The maximum absolute atomic E-state index is 13.6. The molecule has 1 aliphatic heterocycles. The number of benzene rings is 2. The highest BCUT2D eigenvalue weighted by atomic mass is 32.2. The molecule has 0 spiro atoms. The molecule has 0 amide bonds. The summed E-state index contributed by atoms with van der Waals surface area (Å²) in [6, 6.07) is 15.7. The quantitative estimate of drug-likeness (QED) is 0.606. The molecule has 29 heavy (non-hydrogen) atoms. The number of hydrogen-bond donors (Lipinski definition) is 0. The van der Waals surface area contributed by atoms with Crippen molar-refractivity contribution in [1.82, 2.24) is 8.87 Å². The van der Waals surface area contributed by atoms with Gasteiger partial charge in [-0.2, -0.15) is 0 Å². The number of fused-ring (bicyclic) bond motifs is 3. The van der Waals surface area contributed by atoms with E-state index in [9.17, 15) is 13.2 Å². The molecule has 1 aromatic heterocycles. The Morgan fingerprint density at radius 1 is 1.03 bits per heavy atom. The second-order valence-corrected chi connectivity index (χ2v) is 9.04. The molecule has 4 rings (SSSR count). The zero-order valence-corrected chi connectivity index (χ0v) is 17.2. The van der Waals surface area contributed by atoms with Gasteiger partial charge in [-0.05, 0) is 38.1 Å². The largest absolute Gasteiger partial charge is 0.295 e. The summed E-state index contributed by atoms with van der Waals surface area (Å²) in [5.41, 5.74) is 1.66. The summed E-state index contributed by atoms with van der Waals surface area (Å²) in [4.78, 5) is 15.6. The molecular weight excluding hydrogens is 384 g/mol. The Kier molecular flexibility index (Phi) is 5.39. The molecule has 0 bridgehead atoms. The first kappa shape index (κ1) is 19.6. The monoisotopic (exact) mass is 408 g/mol. The molecule has 5 nitrogen and oxygen atoms in total. The number of aromatic nitrogens is 1. The van der Waals surface area contributed by atoms with Crippen molar-refractivity contribution in [2.24, 2.45) is 0 Å². The number of para-hydroxylation sites is 1. The minimum atomic E-state index is -3.90. The van der Waals surface area contributed by atoms with Gasteiger partial charge in [-0.15, -0.1) is 0 Å². The first-order valence-corrected chi connectivity index (χ1v) is 11.3.